The molecule has 3 aromatic rings. The molecule has 2 aromatic heterocycles. The first-order chi connectivity index (χ1) is 12.6. The minimum atomic E-state index is -0.0134. The van der Waals surface area contributed by atoms with Gasteiger partial charge < -0.3 is 10.2 Å². The fraction of sp³-hybridized carbons (Fsp3) is 0.250. The standard InChI is InChI=1S/C20H22N2OS3/c1-22(2)18(16-8-10-25-14-16)11-21-20(23)17-5-3-4-6-19(17)26-13-15-7-9-24-12-15/h3-10,12,14,18H,11,13H2,1-2H3,(H,21,23)/t18-/m1/s1. The van der Waals surface area contributed by atoms with Crippen molar-refractivity contribution in [3.8, 4) is 0 Å². The topological polar surface area (TPSA) is 32.3 Å². The first-order valence-electron chi connectivity index (χ1n) is 8.35. The number of carbonyl (C=O) groups excluding carboxylic acids is 1. The number of thioether (sulfide) groups is 1. The van der Waals surface area contributed by atoms with E-state index in [1.807, 2.05) is 38.4 Å². The zero-order valence-electron chi connectivity index (χ0n) is 14.8. The highest BCUT2D eigenvalue weighted by atomic mass is 32.2. The summed E-state index contributed by atoms with van der Waals surface area (Å²) in [4.78, 5) is 15.9. The smallest absolute Gasteiger partial charge is 0.252 e. The van der Waals surface area contributed by atoms with Gasteiger partial charge in [0.1, 0.15) is 0 Å². The highest BCUT2D eigenvalue weighted by Gasteiger charge is 2.17. The van der Waals surface area contributed by atoms with E-state index in [-0.39, 0.29) is 11.9 Å². The average molecular weight is 403 g/mol. The third-order valence-electron chi connectivity index (χ3n) is 4.11. The van der Waals surface area contributed by atoms with Gasteiger partial charge >= 0.3 is 0 Å². The Labute approximate surface area is 167 Å². The second-order valence-electron chi connectivity index (χ2n) is 6.16. The van der Waals surface area contributed by atoms with E-state index in [4.69, 9.17) is 0 Å². The van der Waals surface area contributed by atoms with Crippen LogP contribution in [0.15, 0.2) is 62.8 Å². The van der Waals surface area contributed by atoms with Gasteiger partial charge in [0.05, 0.1) is 11.6 Å². The van der Waals surface area contributed by atoms with Crippen LogP contribution in [-0.4, -0.2) is 31.4 Å². The molecule has 0 unspecified atom stereocenters. The Hall–Kier alpha value is -1.60. The van der Waals surface area contributed by atoms with Crippen molar-refractivity contribution in [3.05, 3.63) is 74.6 Å². The highest BCUT2D eigenvalue weighted by molar-refractivity contribution is 7.98. The molecule has 6 heteroatoms. The van der Waals surface area contributed by atoms with E-state index >= 15 is 0 Å². The number of thiophene rings is 2. The van der Waals surface area contributed by atoms with Crippen LogP contribution >= 0.6 is 34.4 Å². The molecular weight excluding hydrogens is 380 g/mol. The van der Waals surface area contributed by atoms with Gasteiger partial charge in [0.2, 0.25) is 0 Å². The second kappa shape index (κ2) is 9.37. The summed E-state index contributed by atoms with van der Waals surface area (Å²) in [6.07, 6.45) is 0. The average Bonchev–Trinajstić information content (AvgIpc) is 3.34. The Kier molecular flexibility index (Phi) is 6.91. The summed E-state index contributed by atoms with van der Waals surface area (Å²) in [6.45, 7) is 0.589. The van der Waals surface area contributed by atoms with E-state index < -0.39 is 0 Å². The molecule has 0 aliphatic heterocycles. The summed E-state index contributed by atoms with van der Waals surface area (Å²) in [7, 11) is 4.08. The number of amides is 1. The fourth-order valence-corrected chi connectivity index (χ4v) is 5.14. The van der Waals surface area contributed by atoms with Gasteiger partial charge in [0.15, 0.2) is 0 Å². The van der Waals surface area contributed by atoms with Gasteiger partial charge in [-0.05, 0) is 71.0 Å². The number of hydrogen-bond donors (Lipinski definition) is 1. The van der Waals surface area contributed by atoms with Gasteiger partial charge in [-0.3, -0.25) is 4.79 Å². The van der Waals surface area contributed by atoms with Crippen LogP contribution in [0.1, 0.15) is 27.5 Å². The number of nitrogens with zero attached hydrogens (tertiary/aromatic N) is 1. The van der Waals surface area contributed by atoms with E-state index in [2.05, 4.69) is 43.9 Å². The van der Waals surface area contributed by atoms with Gasteiger partial charge in [-0.2, -0.15) is 22.7 Å². The Morgan fingerprint density at radius 3 is 2.58 bits per heavy atom. The van der Waals surface area contributed by atoms with E-state index in [0.29, 0.717) is 6.54 Å². The molecule has 1 amide bonds. The van der Waals surface area contributed by atoms with Crippen LogP contribution in [0.2, 0.25) is 0 Å². The molecular formula is C20H22N2OS3. The van der Waals surface area contributed by atoms with Crippen molar-refractivity contribution in [1.29, 1.82) is 0 Å². The number of benzene rings is 1. The van der Waals surface area contributed by atoms with Crippen molar-refractivity contribution in [2.45, 2.75) is 16.7 Å². The molecule has 0 spiro atoms. The summed E-state index contributed by atoms with van der Waals surface area (Å²) >= 11 is 5.09. The molecule has 1 atom stereocenters. The minimum absolute atomic E-state index is 0.0134. The molecule has 3 nitrogen and oxygen atoms in total. The Balaban J connectivity index is 1.65. The Morgan fingerprint density at radius 2 is 1.88 bits per heavy atom. The summed E-state index contributed by atoms with van der Waals surface area (Å²) in [5.74, 6) is 0.865. The number of nitrogens with one attached hydrogen (secondary N) is 1. The van der Waals surface area contributed by atoms with Gasteiger partial charge in [-0.1, -0.05) is 12.1 Å². The lowest BCUT2D eigenvalue weighted by Gasteiger charge is -2.24. The normalized spacial score (nSPS) is 12.3. The summed E-state index contributed by atoms with van der Waals surface area (Å²) in [5.41, 5.74) is 3.27. The summed E-state index contributed by atoms with van der Waals surface area (Å²) < 4.78 is 0. The maximum absolute atomic E-state index is 12.8. The monoisotopic (exact) mass is 402 g/mol. The molecule has 1 N–H and O–H groups in total. The molecule has 1 aromatic carbocycles. The highest BCUT2D eigenvalue weighted by Crippen LogP contribution is 2.27. The first-order valence-corrected chi connectivity index (χ1v) is 11.2. The predicted octanol–water partition coefficient (Wildman–Crippen LogP) is 5.13. The van der Waals surface area contributed by atoms with Crippen LogP contribution < -0.4 is 5.32 Å². The van der Waals surface area contributed by atoms with Crippen molar-refractivity contribution < 1.29 is 4.79 Å². The van der Waals surface area contributed by atoms with Gasteiger partial charge in [0.25, 0.3) is 5.91 Å². The molecule has 0 aliphatic carbocycles. The third-order valence-corrected chi connectivity index (χ3v) is 6.69. The van der Waals surface area contributed by atoms with Gasteiger partial charge in [-0.25, -0.2) is 0 Å². The molecule has 0 radical (unpaired) electrons. The van der Waals surface area contributed by atoms with E-state index in [9.17, 15) is 4.79 Å². The van der Waals surface area contributed by atoms with Crippen molar-refractivity contribution in [3.63, 3.8) is 0 Å². The molecule has 3 rings (SSSR count). The molecule has 26 heavy (non-hydrogen) atoms. The quantitative estimate of drug-likeness (QED) is 0.530. The number of likely N-dealkylation sites (N-methyl/N-ethyl adjacent to an activating group) is 1. The van der Waals surface area contributed by atoms with Crippen LogP contribution in [0.3, 0.4) is 0 Å². The van der Waals surface area contributed by atoms with Crippen LogP contribution in [-0.2, 0) is 5.75 Å². The van der Waals surface area contributed by atoms with Crippen LogP contribution in [0.25, 0.3) is 0 Å². The molecule has 0 saturated carbocycles. The number of carbonyl (C=O) groups is 1. The first kappa shape index (κ1) is 19.2. The van der Waals surface area contributed by atoms with Crippen molar-refractivity contribution in [1.82, 2.24) is 10.2 Å². The third kappa shape index (κ3) is 4.98. The predicted molar refractivity (Wildman–Crippen MR) is 113 cm³/mol. The maximum Gasteiger partial charge on any atom is 0.252 e. The molecule has 2 heterocycles. The van der Waals surface area contributed by atoms with E-state index in [1.54, 1.807) is 34.4 Å². The van der Waals surface area contributed by atoms with Crippen LogP contribution in [0.5, 0.6) is 0 Å². The number of rotatable bonds is 8. The van der Waals surface area contributed by atoms with Gasteiger partial charge in [0, 0.05) is 17.2 Å². The zero-order chi connectivity index (χ0) is 18.4. The fourth-order valence-electron chi connectivity index (χ4n) is 2.66. The van der Waals surface area contributed by atoms with E-state index in [1.165, 1.54) is 11.1 Å². The molecule has 0 aliphatic rings. The molecule has 0 saturated heterocycles. The van der Waals surface area contributed by atoms with Crippen molar-refractivity contribution >= 4 is 40.3 Å². The maximum atomic E-state index is 12.8. The Bertz CT molecular complexity index is 813. The summed E-state index contributed by atoms with van der Waals surface area (Å²) in [5, 5.41) is 11.6. The molecule has 0 bridgehead atoms. The number of hydrogen-bond acceptors (Lipinski definition) is 5. The van der Waals surface area contributed by atoms with Crippen molar-refractivity contribution in [2.75, 3.05) is 20.6 Å². The lowest BCUT2D eigenvalue weighted by molar-refractivity contribution is 0.0939. The van der Waals surface area contributed by atoms with Crippen LogP contribution in [0, 0.1) is 0 Å². The SMILES string of the molecule is CN(C)[C@H](CNC(=O)c1ccccc1SCc1ccsc1)c1ccsc1. The minimum Gasteiger partial charge on any atom is -0.350 e. The second-order valence-corrected chi connectivity index (χ2v) is 8.74. The van der Waals surface area contributed by atoms with E-state index in [0.717, 1.165) is 16.2 Å². The Morgan fingerprint density at radius 1 is 1.12 bits per heavy atom. The van der Waals surface area contributed by atoms with Crippen LogP contribution in [0.4, 0.5) is 0 Å². The van der Waals surface area contributed by atoms with Gasteiger partial charge in [-0.15, -0.1) is 11.8 Å². The lowest BCUT2D eigenvalue weighted by atomic mass is 10.1. The summed E-state index contributed by atoms with van der Waals surface area (Å²) in [6, 6.07) is 12.3. The zero-order valence-corrected chi connectivity index (χ0v) is 17.3. The largest absolute Gasteiger partial charge is 0.350 e. The lowest BCUT2D eigenvalue weighted by Crippen LogP contribution is -2.34. The molecule has 0 fully saturated rings. The van der Waals surface area contributed by atoms with Crippen molar-refractivity contribution in [2.24, 2.45) is 0 Å². The molecule has 136 valence electrons.